The van der Waals surface area contributed by atoms with Crippen LogP contribution < -0.4 is 10.0 Å². The molecule has 0 spiro atoms. The molecule has 20 heavy (non-hydrogen) atoms. The molecule has 1 heterocycles. The Bertz CT molecular complexity index is 467. The fourth-order valence-corrected chi connectivity index (χ4v) is 3.43. The van der Waals surface area contributed by atoms with Gasteiger partial charge in [-0.05, 0) is 43.5 Å². The quantitative estimate of drug-likeness (QED) is 0.527. The number of pyridine rings is 1. The summed E-state index contributed by atoms with van der Waals surface area (Å²) in [6.07, 6.45) is 6.16. The van der Waals surface area contributed by atoms with Crippen LogP contribution in [0, 0.1) is 11.1 Å². The molecule has 1 aromatic heterocycles. The van der Waals surface area contributed by atoms with Crippen molar-refractivity contribution < 1.29 is 9.52 Å². The molecule has 1 aliphatic carbocycles. The van der Waals surface area contributed by atoms with Crippen LogP contribution in [0.3, 0.4) is 0 Å². The number of carbonyl (C=O) groups is 1. The largest absolute Gasteiger partial charge is 0.618 e. The van der Waals surface area contributed by atoms with Gasteiger partial charge in [0.2, 0.25) is 5.91 Å². The molecule has 2 rings (SSSR count). The topological polar surface area (TPSA) is 56.0 Å². The second-order valence-electron chi connectivity index (χ2n) is 5.50. The van der Waals surface area contributed by atoms with Crippen molar-refractivity contribution in [2.45, 2.75) is 55.8 Å². The van der Waals surface area contributed by atoms with E-state index in [0.717, 1.165) is 11.2 Å². The van der Waals surface area contributed by atoms with Gasteiger partial charge < -0.3 is 10.5 Å². The van der Waals surface area contributed by atoms with Gasteiger partial charge in [-0.3, -0.25) is 4.79 Å². The van der Waals surface area contributed by atoms with E-state index in [9.17, 15) is 10.0 Å². The standard InChI is InChI=1S/C15H22N2O2S/c1-11-7-3-4-8-13(11)16-15(18)12(2)20-14-9-5-6-10-17(14)19/h5-6,9-13H,3-4,7-8H2,1-2H3,(H,16,18)/t11-,12-,13-/m1/s1. The Balaban J connectivity index is 1.90. The van der Waals surface area contributed by atoms with Gasteiger partial charge in [-0.25, -0.2) is 0 Å². The van der Waals surface area contributed by atoms with Crippen molar-refractivity contribution in [3.63, 3.8) is 0 Å². The average molecular weight is 294 g/mol. The van der Waals surface area contributed by atoms with Gasteiger partial charge >= 0.3 is 0 Å². The van der Waals surface area contributed by atoms with Crippen LogP contribution in [0.1, 0.15) is 39.5 Å². The van der Waals surface area contributed by atoms with Crippen LogP contribution in [0.5, 0.6) is 0 Å². The van der Waals surface area contributed by atoms with Gasteiger partial charge in [0.25, 0.3) is 5.03 Å². The Labute approximate surface area is 124 Å². The first kappa shape index (κ1) is 15.2. The van der Waals surface area contributed by atoms with Gasteiger partial charge in [0.15, 0.2) is 6.20 Å². The second-order valence-corrected chi connectivity index (χ2v) is 6.86. The van der Waals surface area contributed by atoms with Gasteiger partial charge in [0, 0.05) is 18.2 Å². The van der Waals surface area contributed by atoms with E-state index in [0.29, 0.717) is 10.9 Å². The van der Waals surface area contributed by atoms with Crippen molar-refractivity contribution in [1.29, 1.82) is 0 Å². The Hall–Kier alpha value is -1.23. The van der Waals surface area contributed by atoms with Gasteiger partial charge in [0.05, 0.1) is 5.25 Å². The summed E-state index contributed by atoms with van der Waals surface area (Å²) in [5, 5.41) is 15.0. The summed E-state index contributed by atoms with van der Waals surface area (Å²) in [4.78, 5) is 12.2. The number of amides is 1. The number of hydrogen-bond acceptors (Lipinski definition) is 3. The van der Waals surface area contributed by atoms with Crippen LogP contribution in [0.2, 0.25) is 0 Å². The first-order valence-electron chi connectivity index (χ1n) is 7.23. The molecule has 0 saturated heterocycles. The third-order valence-corrected chi connectivity index (χ3v) is 5.02. The maximum absolute atomic E-state index is 12.2. The van der Waals surface area contributed by atoms with Gasteiger partial charge in [0.1, 0.15) is 0 Å². The highest BCUT2D eigenvalue weighted by Crippen LogP contribution is 2.25. The zero-order valence-electron chi connectivity index (χ0n) is 12.0. The van der Waals surface area contributed by atoms with Crippen molar-refractivity contribution in [1.82, 2.24) is 5.32 Å². The maximum Gasteiger partial charge on any atom is 0.252 e. The maximum atomic E-state index is 12.2. The minimum absolute atomic E-state index is 0.0256. The SMILES string of the molecule is C[C@@H]1CCCC[C@H]1NC(=O)[C@@H](C)Sc1cccc[n+]1[O-]. The summed E-state index contributed by atoms with van der Waals surface area (Å²) in [7, 11) is 0. The van der Waals surface area contributed by atoms with E-state index in [2.05, 4.69) is 12.2 Å². The summed E-state index contributed by atoms with van der Waals surface area (Å²) in [6.45, 7) is 4.05. The van der Waals surface area contributed by atoms with E-state index >= 15 is 0 Å². The van der Waals surface area contributed by atoms with Crippen molar-refractivity contribution in [3.8, 4) is 0 Å². The highest BCUT2D eigenvalue weighted by atomic mass is 32.2. The third-order valence-electron chi connectivity index (χ3n) is 3.89. The lowest BCUT2D eigenvalue weighted by Gasteiger charge is -2.30. The zero-order chi connectivity index (χ0) is 14.5. The number of thioether (sulfide) groups is 1. The number of hydrogen-bond donors (Lipinski definition) is 1. The normalized spacial score (nSPS) is 24.1. The number of rotatable bonds is 4. The molecular weight excluding hydrogens is 272 g/mol. The minimum Gasteiger partial charge on any atom is -0.618 e. The summed E-state index contributed by atoms with van der Waals surface area (Å²) in [5.41, 5.74) is 0. The summed E-state index contributed by atoms with van der Waals surface area (Å²) >= 11 is 1.31. The van der Waals surface area contributed by atoms with Crippen LogP contribution in [0.15, 0.2) is 29.4 Å². The lowest BCUT2D eigenvalue weighted by atomic mass is 9.86. The molecule has 4 nitrogen and oxygen atoms in total. The Morgan fingerprint density at radius 1 is 1.45 bits per heavy atom. The first-order chi connectivity index (χ1) is 9.58. The highest BCUT2D eigenvalue weighted by molar-refractivity contribution is 8.00. The average Bonchev–Trinajstić information content (AvgIpc) is 2.43. The molecule has 0 aliphatic heterocycles. The molecule has 1 aliphatic rings. The van der Waals surface area contributed by atoms with E-state index in [1.54, 1.807) is 12.1 Å². The fraction of sp³-hybridized carbons (Fsp3) is 0.600. The molecule has 1 saturated carbocycles. The van der Waals surface area contributed by atoms with Gasteiger partial charge in [-0.1, -0.05) is 19.8 Å². The first-order valence-corrected chi connectivity index (χ1v) is 8.11. The molecule has 0 aromatic carbocycles. The summed E-state index contributed by atoms with van der Waals surface area (Å²) in [6, 6.07) is 5.52. The van der Waals surface area contributed by atoms with Crippen LogP contribution in [-0.4, -0.2) is 17.2 Å². The van der Waals surface area contributed by atoms with Crippen LogP contribution in [0.25, 0.3) is 0 Å². The molecule has 110 valence electrons. The van der Waals surface area contributed by atoms with E-state index < -0.39 is 0 Å². The summed E-state index contributed by atoms with van der Waals surface area (Å²) < 4.78 is 0.803. The highest BCUT2D eigenvalue weighted by Gasteiger charge is 2.26. The fourth-order valence-electron chi connectivity index (χ4n) is 2.57. The second kappa shape index (κ2) is 6.97. The number of nitrogens with zero attached hydrogens (tertiary/aromatic N) is 1. The molecule has 0 radical (unpaired) electrons. The van der Waals surface area contributed by atoms with E-state index in [1.807, 2.05) is 13.0 Å². The number of nitrogens with one attached hydrogen (secondary N) is 1. The minimum atomic E-state index is -0.258. The van der Waals surface area contributed by atoms with Crippen molar-refractivity contribution in [2.75, 3.05) is 0 Å². The van der Waals surface area contributed by atoms with Crippen LogP contribution >= 0.6 is 11.8 Å². The molecule has 0 unspecified atom stereocenters. The Morgan fingerprint density at radius 3 is 2.90 bits per heavy atom. The predicted octanol–water partition coefficient (Wildman–Crippen LogP) is 2.50. The molecule has 5 heteroatoms. The lowest BCUT2D eigenvalue weighted by Crippen LogP contribution is -2.44. The Kier molecular flexibility index (Phi) is 5.29. The number of aromatic nitrogens is 1. The van der Waals surface area contributed by atoms with Crippen molar-refractivity contribution >= 4 is 17.7 Å². The van der Waals surface area contributed by atoms with E-state index in [4.69, 9.17) is 0 Å². The Morgan fingerprint density at radius 2 is 2.20 bits per heavy atom. The third kappa shape index (κ3) is 3.88. The van der Waals surface area contributed by atoms with Gasteiger partial charge in [-0.15, -0.1) is 0 Å². The van der Waals surface area contributed by atoms with Crippen molar-refractivity contribution in [2.24, 2.45) is 5.92 Å². The van der Waals surface area contributed by atoms with Gasteiger partial charge in [-0.2, -0.15) is 4.73 Å². The molecule has 1 amide bonds. The molecular formula is C15H22N2O2S. The van der Waals surface area contributed by atoms with Crippen LogP contribution in [0.4, 0.5) is 0 Å². The number of carbonyl (C=O) groups excluding carboxylic acids is 1. The molecule has 1 aromatic rings. The molecule has 1 fully saturated rings. The molecule has 0 bridgehead atoms. The predicted molar refractivity (Wildman–Crippen MR) is 80.3 cm³/mol. The summed E-state index contributed by atoms with van der Waals surface area (Å²) in [5.74, 6) is 0.573. The van der Waals surface area contributed by atoms with E-state index in [-0.39, 0.29) is 17.2 Å². The molecule has 1 N–H and O–H groups in total. The monoisotopic (exact) mass is 294 g/mol. The van der Waals surface area contributed by atoms with Crippen LogP contribution in [-0.2, 0) is 4.79 Å². The zero-order valence-corrected chi connectivity index (χ0v) is 12.9. The lowest BCUT2D eigenvalue weighted by molar-refractivity contribution is -0.645. The van der Waals surface area contributed by atoms with Crippen molar-refractivity contribution in [3.05, 3.63) is 29.6 Å². The smallest absolute Gasteiger partial charge is 0.252 e. The van der Waals surface area contributed by atoms with E-state index in [1.165, 1.54) is 37.2 Å². The molecule has 3 atom stereocenters.